The van der Waals surface area contributed by atoms with E-state index in [1.54, 1.807) is 0 Å². The van der Waals surface area contributed by atoms with Gasteiger partial charge in [-0.25, -0.2) is 0 Å². The minimum atomic E-state index is 0.550. The zero-order chi connectivity index (χ0) is 15.1. The van der Waals surface area contributed by atoms with Gasteiger partial charge in [-0.15, -0.1) is 0 Å². The molecule has 1 heterocycles. The van der Waals surface area contributed by atoms with E-state index >= 15 is 0 Å². The lowest BCUT2D eigenvalue weighted by molar-refractivity contribution is 0.303. The molecular weight excluding hydrogens is 260 g/mol. The van der Waals surface area contributed by atoms with Crippen LogP contribution in [0.3, 0.4) is 0 Å². The molecule has 2 rings (SSSR count). The highest BCUT2D eigenvalue weighted by molar-refractivity contribution is 5.79. The van der Waals surface area contributed by atoms with E-state index in [0.717, 1.165) is 29.1 Å². The van der Waals surface area contributed by atoms with Crippen molar-refractivity contribution in [2.45, 2.75) is 39.7 Å². The molecule has 0 aliphatic carbocycles. The Hall–Kier alpha value is -1.61. The molecule has 114 valence electrons. The third-order valence-corrected chi connectivity index (χ3v) is 3.62. The molecule has 0 aliphatic rings. The molecule has 3 nitrogen and oxygen atoms in total. The van der Waals surface area contributed by atoms with Crippen molar-refractivity contribution in [2.75, 3.05) is 13.2 Å². The first-order chi connectivity index (χ1) is 10.1. The first-order valence-electron chi connectivity index (χ1n) is 7.86. The molecule has 0 aliphatic heterocycles. The molecule has 0 fully saturated rings. The van der Waals surface area contributed by atoms with Gasteiger partial charge in [0.2, 0.25) is 0 Å². The molecule has 1 atom stereocenters. The van der Waals surface area contributed by atoms with E-state index in [4.69, 9.17) is 4.74 Å². The minimum Gasteiger partial charge on any atom is -0.492 e. The lowest BCUT2D eigenvalue weighted by atomic mass is 10.0. The van der Waals surface area contributed by atoms with Gasteiger partial charge in [-0.05, 0) is 43.9 Å². The van der Waals surface area contributed by atoms with Crippen molar-refractivity contribution < 1.29 is 4.74 Å². The molecular formula is C18H26N2O. The number of rotatable bonds is 8. The third kappa shape index (κ3) is 5.35. The number of ether oxygens (including phenoxy) is 1. The van der Waals surface area contributed by atoms with Gasteiger partial charge in [-0.3, -0.25) is 4.98 Å². The van der Waals surface area contributed by atoms with Gasteiger partial charge in [-0.1, -0.05) is 19.9 Å². The van der Waals surface area contributed by atoms with E-state index in [-0.39, 0.29) is 0 Å². The van der Waals surface area contributed by atoms with E-state index in [2.05, 4.69) is 43.2 Å². The Morgan fingerprint density at radius 1 is 1.14 bits per heavy atom. The van der Waals surface area contributed by atoms with Gasteiger partial charge in [0.25, 0.3) is 0 Å². The molecule has 0 bridgehead atoms. The summed E-state index contributed by atoms with van der Waals surface area (Å²) in [6.45, 7) is 8.33. The Labute approximate surface area is 127 Å². The Morgan fingerprint density at radius 2 is 2.00 bits per heavy atom. The highest BCUT2D eigenvalue weighted by Gasteiger charge is 2.03. The Kier molecular flexibility index (Phi) is 6.00. The zero-order valence-corrected chi connectivity index (χ0v) is 13.3. The molecule has 3 heteroatoms. The topological polar surface area (TPSA) is 34.1 Å². The molecule has 1 aromatic carbocycles. The van der Waals surface area contributed by atoms with Gasteiger partial charge in [0.15, 0.2) is 0 Å². The number of hydrogen-bond donors (Lipinski definition) is 1. The van der Waals surface area contributed by atoms with Crippen LogP contribution >= 0.6 is 0 Å². The van der Waals surface area contributed by atoms with Crippen LogP contribution in [-0.4, -0.2) is 24.2 Å². The largest absolute Gasteiger partial charge is 0.492 e. The van der Waals surface area contributed by atoms with Crippen molar-refractivity contribution in [3.05, 3.63) is 36.5 Å². The summed E-state index contributed by atoms with van der Waals surface area (Å²) in [6, 6.07) is 10.6. The van der Waals surface area contributed by atoms with Crippen molar-refractivity contribution >= 4 is 10.9 Å². The number of benzene rings is 1. The van der Waals surface area contributed by atoms with Gasteiger partial charge in [-0.2, -0.15) is 0 Å². The van der Waals surface area contributed by atoms with Crippen LogP contribution in [0.2, 0.25) is 0 Å². The molecule has 0 saturated carbocycles. The number of hydrogen-bond acceptors (Lipinski definition) is 3. The van der Waals surface area contributed by atoms with Crippen LogP contribution in [0, 0.1) is 5.92 Å². The van der Waals surface area contributed by atoms with Crippen LogP contribution in [0.15, 0.2) is 36.5 Å². The Balaban J connectivity index is 1.72. The molecule has 21 heavy (non-hydrogen) atoms. The molecule has 1 N–H and O–H groups in total. The number of nitrogens with one attached hydrogen (secondary N) is 1. The summed E-state index contributed by atoms with van der Waals surface area (Å²) in [5.74, 6) is 1.66. The number of nitrogens with zero attached hydrogens (tertiary/aromatic N) is 1. The summed E-state index contributed by atoms with van der Waals surface area (Å²) in [5, 5.41) is 4.65. The quantitative estimate of drug-likeness (QED) is 0.744. The van der Waals surface area contributed by atoms with E-state index in [1.807, 2.05) is 24.4 Å². The highest BCUT2D eigenvalue weighted by Crippen LogP contribution is 2.18. The molecule has 2 aromatic rings. The fourth-order valence-corrected chi connectivity index (χ4v) is 2.30. The van der Waals surface area contributed by atoms with E-state index < -0.39 is 0 Å². The van der Waals surface area contributed by atoms with Crippen LogP contribution < -0.4 is 10.1 Å². The summed E-state index contributed by atoms with van der Waals surface area (Å²) >= 11 is 0. The normalized spacial score (nSPS) is 12.8. The van der Waals surface area contributed by atoms with Gasteiger partial charge in [0.05, 0.1) is 5.52 Å². The van der Waals surface area contributed by atoms with Crippen LogP contribution in [-0.2, 0) is 0 Å². The second-order valence-electron chi connectivity index (χ2n) is 6.03. The SMILES string of the molecule is CC(C)CCC(C)NCCOc1ccc2cccnc2c1. The highest BCUT2D eigenvalue weighted by atomic mass is 16.5. The number of aromatic nitrogens is 1. The molecule has 0 amide bonds. The van der Waals surface area contributed by atoms with E-state index in [1.165, 1.54) is 12.8 Å². The molecule has 1 aromatic heterocycles. The van der Waals surface area contributed by atoms with E-state index in [9.17, 15) is 0 Å². The van der Waals surface area contributed by atoms with Gasteiger partial charge >= 0.3 is 0 Å². The average Bonchev–Trinajstić information content (AvgIpc) is 2.49. The first kappa shape index (κ1) is 15.8. The Bertz CT molecular complexity index is 554. The fraction of sp³-hybridized carbons (Fsp3) is 0.500. The standard InChI is InChI=1S/C18H26N2O/c1-14(2)6-7-15(3)19-11-12-21-17-9-8-16-5-4-10-20-18(16)13-17/h4-5,8-10,13-15,19H,6-7,11-12H2,1-3H3. The van der Waals surface area contributed by atoms with Crippen molar-refractivity contribution in [3.8, 4) is 5.75 Å². The lowest BCUT2D eigenvalue weighted by Gasteiger charge is -2.15. The third-order valence-electron chi connectivity index (χ3n) is 3.62. The predicted octanol–water partition coefficient (Wildman–Crippen LogP) is 4.03. The first-order valence-corrected chi connectivity index (χ1v) is 7.86. The van der Waals surface area contributed by atoms with Crippen molar-refractivity contribution in [2.24, 2.45) is 5.92 Å². The van der Waals surface area contributed by atoms with Gasteiger partial charge in [0.1, 0.15) is 12.4 Å². The molecule has 0 spiro atoms. The van der Waals surface area contributed by atoms with Crippen LogP contribution in [0.4, 0.5) is 0 Å². The maximum Gasteiger partial charge on any atom is 0.121 e. The Morgan fingerprint density at radius 3 is 2.81 bits per heavy atom. The minimum absolute atomic E-state index is 0.550. The summed E-state index contributed by atoms with van der Waals surface area (Å²) in [7, 11) is 0. The maximum atomic E-state index is 5.79. The molecule has 1 unspecified atom stereocenters. The molecule has 0 radical (unpaired) electrons. The van der Waals surface area contributed by atoms with Gasteiger partial charge in [0, 0.05) is 30.2 Å². The second kappa shape index (κ2) is 7.99. The van der Waals surface area contributed by atoms with Crippen LogP contribution in [0.1, 0.15) is 33.6 Å². The monoisotopic (exact) mass is 286 g/mol. The van der Waals surface area contributed by atoms with Crippen molar-refractivity contribution in [1.29, 1.82) is 0 Å². The van der Waals surface area contributed by atoms with Crippen molar-refractivity contribution in [3.63, 3.8) is 0 Å². The summed E-state index contributed by atoms with van der Waals surface area (Å²) in [6.07, 6.45) is 4.30. The average molecular weight is 286 g/mol. The summed E-state index contributed by atoms with van der Waals surface area (Å²) in [4.78, 5) is 4.34. The van der Waals surface area contributed by atoms with Crippen LogP contribution in [0.5, 0.6) is 5.75 Å². The zero-order valence-electron chi connectivity index (χ0n) is 13.3. The van der Waals surface area contributed by atoms with Gasteiger partial charge < -0.3 is 10.1 Å². The summed E-state index contributed by atoms with van der Waals surface area (Å²) in [5.41, 5.74) is 0.980. The second-order valence-corrected chi connectivity index (χ2v) is 6.03. The number of pyridine rings is 1. The fourth-order valence-electron chi connectivity index (χ4n) is 2.30. The van der Waals surface area contributed by atoms with Crippen LogP contribution in [0.25, 0.3) is 10.9 Å². The number of fused-ring (bicyclic) bond motifs is 1. The predicted molar refractivity (Wildman–Crippen MR) is 88.8 cm³/mol. The summed E-state index contributed by atoms with van der Waals surface area (Å²) < 4.78 is 5.79. The lowest BCUT2D eigenvalue weighted by Crippen LogP contribution is -2.30. The molecule has 0 saturated heterocycles. The maximum absolute atomic E-state index is 5.79. The smallest absolute Gasteiger partial charge is 0.121 e. The van der Waals surface area contributed by atoms with Crippen molar-refractivity contribution in [1.82, 2.24) is 10.3 Å². The van der Waals surface area contributed by atoms with E-state index in [0.29, 0.717) is 12.6 Å².